The summed E-state index contributed by atoms with van der Waals surface area (Å²) in [5.41, 5.74) is 1.58. The molecule has 1 saturated heterocycles. The first-order chi connectivity index (χ1) is 11.8. The number of nitrogens with zero attached hydrogens (tertiary/aromatic N) is 2. The van der Waals surface area contributed by atoms with Gasteiger partial charge in [0.05, 0.1) is 11.9 Å². The van der Waals surface area contributed by atoms with Crippen molar-refractivity contribution in [1.29, 1.82) is 0 Å². The van der Waals surface area contributed by atoms with E-state index in [2.05, 4.69) is 10.3 Å². The van der Waals surface area contributed by atoms with Gasteiger partial charge in [0, 0.05) is 22.5 Å². The third-order valence-electron chi connectivity index (χ3n) is 4.04. The first-order valence-electron chi connectivity index (χ1n) is 7.84. The summed E-state index contributed by atoms with van der Waals surface area (Å²) in [6.07, 6.45) is 3.26. The van der Waals surface area contributed by atoms with Gasteiger partial charge in [0.1, 0.15) is 6.04 Å². The number of halogens is 1. The van der Waals surface area contributed by atoms with Gasteiger partial charge in [0.15, 0.2) is 5.13 Å². The Morgan fingerprint density at radius 3 is 2.92 bits per heavy atom. The first-order valence-corrected chi connectivity index (χ1v) is 10.9. The van der Waals surface area contributed by atoms with Crippen molar-refractivity contribution in [3.63, 3.8) is 0 Å². The molecule has 1 aliphatic rings. The molecule has 1 amide bonds. The third kappa shape index (κ3) is 4.38. The summed E-state index contributed by atoms with van der Waals surface area (Å²) in [4.78, 5) is 17.0. The number of amides is 1. The van der Waals surface area contributed by atoms with Crippen LogP contribution in [-0.2, 0) is 14.8 Å². The van der Waals surface area contributed by atoms with Crippen molar-refractivity contribution < 1.29 is 13.2 Å². The van der Waals surface area contributed by atoms with E-state index in [1.54, 1.807) is 12.1 Å². The molecule has 1 atom stereocenters. The van der Waals surface area contributed by atoms with Crippen LogP contribution in [0.2, 0.25) is 5.02 Å². The van der Waals surface area contributed by atoms with Crippen molar-refractivity contribution >= 4 is 44.0 Å². The maximum Gasteiger partial charge on any atom is 0.244 e. The van der Waals surface area contributed by atoms with Crippen LogP contribution in [0.25, 0.3) is 11.3 Å². The highest BCUT2D eigenvalue weighted by Crippen LogP contribution is 2.28. The monoisotopic (exact) mass is 399 g/mol. The molecule has 0 unspecified atom stereocenters. The average Bonchev–Trinajstić information content (AvgIpc) is 3.02. The number of hydrogen-bond acceptors (Lipinski definition) is 5. The molecule has 2 heterocycles. The second-order valence-electron chi connectivity index (χ2n) is 5.92. The molecule has 0 spiro atoms. The molecule has 0 aliphatic carbocycles. The minimum absolute atomic E-state index is 0.336. The Hall–Kier alpha value is -1.48. The van der Waals surface area contributed by atoms with E-state index in [-0.39, 0.29) is 5.91 Å². The van der Waals surface area contributed by atoms with Crippen LogP contribution in [0.1, 0.15) is 19.3 Å². The lowest BCUT2D eigenvalue weighted by Crippen LogP contribution is -2.49. The number of carbonyl (C=O) groups excluding carboxylic acids is 1. The van der Waals surface area contributed by atoms with Gasteiger partial charge in [-0.3, -0.25) is 4.79 Å². The number of aromatic nitrogens is 1. The number of benzene rings is 1. The molecule has 3 rings (SSSR count). The molecule has 9 heteroatoms. The number of sulfonamides is 1. The van der Waals surface area contributed by atoms with Gasteiger partial charge in [-0.2, -0.15) is 4.31 Å². The smallest absolute Gasteiger partial charge is 0.244 e. The topological polar surface area (TPSA) is 79.4 Å². The Bertz CT molecular complexity index is 882. The lowest BCUT2D eigenvalue weighted by Gasteiger charge is -2.32. The van der Waals surface area contributed by atoms with Gasteiger partial charge in [0.2, 0.25) is 15.9 Å². The number of carbonyl (C=O) groups is 1. The molecule has 25 heavy (non-hydrogen) atoms. The number of rotatable bonds is 4. The molecular formula is C16H18ClN3O3S2. The van der Waals surface area contributed by atoms with Crippen LogP contribution in [0.4, 0.5) is 5.13 Å². The lowest BCUT2D eigenvalue weighted by molar-refractivity contribution is -0.120. The predicted molar refractivity (Wildman–Crippen MR) is 100 cm³/mol. The third-order valence-corrected chi connectivity index (χ3v) is 6.32. The van der Waals surface area contributed by atoms with Gasteiger partial charge in [-0.15, -0.1) is 11.3 Å². The van der Waals surface area contributed by atoms with Crippen LogP contribution in [-0.4, -0.2) is 42.5 Å². The SMILES string of the molecule is CS(=O)(=O)N1CCCC[C@H]1C(=O)Nc1nc(-c2cccc(Cl)c2)cs1. The molecular weight excluding hydrogens is 382 g/mol. The fourth-order valence-electron chi connectivity index (χ4n) is 2.86. The Balaban J connectivity index is 1.75. The Kier molecular flexibility index (Phi) is 5.43. The van der Waals surface area contributed by atoms with Crippen LogP contribution in [0.5, 0.6) is 0 Å². The summed E-state index contributed by atoms with van der Waals surface area (Å²) in [6, 6.07) is 6.63. The Labute approximate surface area is 155 Å². The summed E-state index contributed by atoms with van der Waals surface area (Å²) in [5.74, 6) is -0.336. The van der Waals surface area contributed by atoms with Gasteiger partial charge in [-0.05, 0) is 25.0 Å². The second-order valence-corrected chi connectivity index (χ2v) is 9.15. The largest absolute Gasteiger partial charge is 0.301 e. The highest BCUT2D eigenvalue weighted by molar-refractivity contribution is 7.88. The van der Waals surface area contributed by atoms with E-state index in [4.69, 9.17) is 11.6 Å². The van der Waals surface area contributed by atoms with Crippen LogP contribution in [0.3, 0.4) is 0 Å². The Morgan fingerprint density at radius 1 is 1.40 bits per heavy atom. The van der Waals surface area contributed by atoms with Crippen molar-refractivity contribution in [2.24, 2.45) is 0 Å². The molecule has 1 N–H and O–H groups in total. The maximum absolute atomic E-state index is 12.6. The number of anilines is 1. The second kappa shape index (κ2) is 7.41. The van der Waals surface area contributed by atoms with Crippen LogP contribution in [0, 0.1) is 0 Å². The molecule has 0 saturated carbocycles. The zero-order chi connectivity index (χ0) is 18.0. The standard InChI is InChI=1S/C16H18ClN3O3S2/c1-25(22,23)20-8-3-2-7-14(20)15(21)19-16-18-13(10-24-16)11-5-4-6-12(17)9-11/h4-6,9-10,14H,2-3,7-8H2,1H3,(H,18,19,21)/t14-/m0/s1. The van der Waals surface area contributed by atoms with Crippen molar-refractivity contribution in [2.75, 3.05) is 18.1 Å². The minimum Gasteiger partial charge on any atom is -0.301 e. The quantitative estimate of drug-likeness (QED) is 0.856. The fraction of sp³-hybridized carbons (Fsp3) is 0.375. The maximum atomic E-state index is 12.6. The summed E-state index contributed by atoms with van der Waals surface area (Å²) in [7, 11) is -3.41. The normalized spacial score (nSPS) is 18.9. The molecule has 134 valence electrons. The summed E-state index contributed by atoms with van der Waals surface area (Å²) >= 11 is 7.29. The van der Waals surface area contributed by atoms with Crippen LogP contribution in [0.15, 0.2) is 29.6 Å². The summed E-state index contributed by atoms with van der Waals surface area (Å²) in [5, 5.41) is 5.63. The van der Waals surface area contributed by atoms with Gasteiger partial charge >= 0.3 is 0 Å². The van der Waals surface area contributed by atoms with Crippen molar-refractivity contribution in [2.45, 2.75) is 25.3 Å². The first kappa shape index (κ1) is 18.3. The van der Waals surface area contributed by atoms with Crippen molar-refractivity contribution in [3.8, 4) is 11.3 Å². The van der Waals surface area contributed by atoms with Gasteiger partial charge in [-0.25, -0.2) is 13.4 Å². The van der Waals surface area contributed by atoms with E-state index < -0.39 is 16.1 Å². The van der Waals surface area contributed by atoms with E-state index in [9.17, 15) is 13.2 Å². The van der Waals surface area contributed by atoms with Crippen LogP contribution < -0.4 is 5.32 Å². The molecule has 0 bridgehead atoms. The molecule has 2 aromatic rings. The molecule has 1 aromatic heterocycles. The molecule has 0 radical (unpaired) electrons. The van der Waals surface area contributed by atoms with E-state index in [0.717, 1.165) is 24.7 Å². The molecule has 1 aliphatic heterocycles. The van der Waals surface area contributed by atoms with Crippen molar-refractivity contribution in [3.05, 3.63) is 34.7 Å². The average molecular weight is 400 g/mol. The van der Waals surface area contributed by atoms with Crippen LogP contribution >= 0.6 is 22.9 Å². The minimum atomic E-state index is -3.41. The number of piperidine rings is 1. The summed E-state index contributed by atoms with van der Waals surface area (Å²) in [6.45, 7) is 0.378. The lowest BCUT2D eigenvalue weighted by atomic mass is 10.0. The molecule has 1 aromatic carbocycles. The van der Waals surface area contributed by atoms with E-state index >= 15 is 0 Å². The molecule has 6 nitrogen and oxygen atoms in total. The van der Waals surface area contributed by atoms with E-state index in [1.165, 1.54) is 15.6 Å². The molecule has 1 fully saturated rings. The fourth-order valence-corrected chi connectivity index (χ4v) is 4.90. The summed E-state index contributed by atoms with van der Waals surface area (Å²) < 4.78 is 25.1. The van der Waals surface area contributed by atoms with Crippen molar-refractivity contribution in [1.82, 2.24) is 9.29 Å². The van der Waals surface area contributed by atoms with Gasteiger partial charge in [-0.1, -0.05) is 30.2 Å². The number of nitrogens with one attached hydrogen (secondary N) is 1. The Morgan fingerprint density at radius 2 is 2.20 bits per heavy atom. The van der Waals surface area contributed by atoms with E-state index in [1.807, 2.05) is 17.5 Å². The van der Waals surface area contributed by atoms with Gasteiger partial charge in [0.25, 0.3) is 0 Å². The highest BCUT2D eigenvalue weighted by Gasteiger charge is 2.34. The predicted octanol–water partition coefficient (Wildman–Crippen LogP) is 3.22. The number of thiazole rings is 1. The van der Waals surface area contributed by atoms with E-state index in [0.29, 0.717) is 28.8 Å². The zero-order valence-electron chi connectivity index (χ0n) is 13.6. The van der Waals surface area contributed by atoms with Gasteiger partial charge < -0.3 is 5.32 Å². The number of hydrogen-bond donors (Lipinski definition) is 1. The highest BCUT2D eigenvalue weighted by atomic mass is 35.5. The zero-order valence-corrected chi connectivity index (χ0v) is 16.0.